The van der Waals surface area contributed by atoms with E-state index >= 15 is 0 Å². The lowest BCUT2D eigenvalue weighted by Gasteiger charge is -2.24. The van der Waals surface area contributed by atoms with E-state index in [1.807, 2.05) is 9.80 Å². The Labute approximate surface area is 281 Å². The predicted octanol–water partition coefficient (Wildman–Crippen LogP) is 11.8. The minimum Gasteiger partial charge on any atom is -0.305 e. The van der Waals surface area contributed by atoms with Gasteiger partial charge < -0.3 is 9.80 Å². The first-order valence-corrected chi connectivity index (χ1v) is 20.0. The van der Waals surface area contributed by atoms with E-state index in [1.54, 1.807) is 45.3 Å². The van der Waals surface area contributed by atoms with Crippen LogP contribution in [0.3, 0.4) is 0 Å². The van der Waals surface area contributed by atoms with Crippen LogP contribution >= 0.6 is 77.2 Å². The Balaban J connectivity index is 1.52. The number of halogens is 2. The van der Waals surface area contributed by atoms with Crippen molar-refractivity contribution in [3.63, 3.8) is 0 Å². The quantitative estimate of drug-likeness (QED) is 0.135. The molecule has 2 atom stereocenters. The number of carbonyl (C=O) groups excluding carboxylic acids is 2. The van der Waals surface area contributed by atoms with Gasteiger partial charge in [0.05, 0.1) is 49.2 Å². The lowest BCUT2D eigenvalue weighted by molar-refractivity contribution is -0.114. The fraction of sp³-hybridized carbons (Fsp3) is 0.500. The van der Waals surface area contributed by atoms with Crippen molar-refractivity contribution in [1.29, 1.82) is 0 Å². The molecule has 2 aliphatic heterocycles. The topological polar surface area (TPSA) is 40.6 Å². The number of nitrogens with zero attached hydrogens (tertiary/aromatic N) is 2. The number of fused-ring (bicyclic) bond motifs is 6. The summed E-state index contributed by atoms with van der Waals surface area (Å²) in [6, 6.07) is 4.32. The van der Waals surface area contributed by atoms with Crippen LogP contribution < -0.4 is 9.80 Å². The van der Waals surface area contributed by atoms with Gasteiger partial charge in [-0.15, -0.1) is 45.3 Å². The third kappa shape index (κ3) is 5.30. The molecule has 6 heterocycles. The van der Waals surface area contributed by atoms with Gasteiger partial charge in [-0.1, -0.05) is 66.2 Å². The highest BCUT2D eigenvalue weighted by atomic mass is 79.9. The molecule has 0 saturated carbocycles. The summed E-state index contributed by atoms with van der Waals surface area (Å²) in [7, 11) is 0. The number of anilines is 2. The molecule has 6 rings (SSSR count). The van der Waals surface area contributed by atoms with Crippen molar-refractivity contribution >= 4 is 130 Å². The standard InChI is InChI=1S/C32H36Br2N2O2S4/c1-5-9-11-17(7-3)15-35-25-27-19(13-21(33)41-27)39-29(25)23(31(35)37)24-30-26(28-20(40-30)14-22(34)42-28)36(32(24)38)16-18(8-4)12-10-6-2/h13-14,17-18H,5-12,15-16H2,1-4H3. The number of hydrogen-bond donors (Lipinski definition) is 0. The van der Waals surface area contributed by atoms with E-state index in [4.69, 9.17) is 0 Å². The zero-order valence-corrected chi connectivity index (χ0v) is 30.9. The van der Waals surface area contributed by atoms with Crippen LogP contribution in [0.2, 0.25) is 0 Å². The Morgan fingerprint density at radius 1 is 0.667 bits per heavy atom. The molecule has 4 nitrogen and oxygen atoms in total. The third-order valence-electron chi connectivity index (χ3n) is 8.75. The summed E-state index contributed by atoms with van der Waals surface area (Å²) in [5, 5.41) is 0. The van der Waals surface area contributed by atoms with Gasteiger partial charge in [0, 0.05) is 22.5 Å². The lowest BCUT2D eigenvalue weighted by Crippen LogP contribution is -2.34. The Morgan fingerprint density at radius 3 is 1.43 bits per heavy atom. The maximum Gasteiger partial charge on any atom is 0.260 e. The van der Waals surface area contributed by atoms with Gasteiger partial charge in [0.25, 0.3) is 11.8 Å². The monoisotopic (exact) mass is 766 g/mol. The maximum atomic E-state index is 14.6. The number of hydrogen-bond acceptors (Lipinski definition) is 6. The molecule has 0 bridgehead atoms. The fourth-order valence-electron chi connectivity index (χ4n) is 6.33. The van der Waals surface area contributed by atoms with Crippen LogP contribution in [0.5, 0.6) is 0 Å². The number of thiophene rings is 4. The zero-order valence-electron chi connectivity index (χ0n) is 24.5. The summed E-state index contributed by atoms with van der Waals surface area (Å²) in [4.78, 5) is 35.2. The molecule has 0 aliphatic carbocycles. The second-order valence-electron chi connectivity index (χ2n) is 11.5. The molecule has 0 N–H and O–H groups in total. The van der Waals surface area contributed by atoms with E-state index in [0.717, 1.165) is 76.6 Å². The molecular weight excluding hydrogens is 732 g/mol. The molecule has 0 radical (unpaired) electrons. The summed E-state index contributed by atoms with van der Waals surface area (Å²) < 4.78 is 6.81. The van der Waals surface area contributed by atoms with Gasteiger partial charge in [0.15, 0.2) is 0 Å². The molecule has 2 unspecified atom stereocenters. The van der Waals surface area contributed by atoms with Gasteiger partial charge in [-0.2, -0.15) is 0 Å². The Morgan fingerprint density at radius 2 is 1.07 bits per heavy atom. The lowest BCUT2D eigenvalue weighted by atomic mass is 9.98. The Hall–Kier alpha value is -1.04. The number of unbranched alkanes of at least 4 members (excludes halogenated alkanes) is 2. The smallest absolute Gasteiger partial charge is 0.260 e. The maximum absolute atomic E-state index is 14.6. The van der Waals surface area contributed by atoms with Crippen molar-refractivity contribution in [2.24, 2.45) is 11.8 Å². The molecular formula is C32H36Br2N2O2S4. The second-order valence-corrected chi connectivity index (χ2v) is 18.4. The number of rotatable bonds is 12. The highest BCUT2D eigenvalue weighted by molar-refractivity contribution is 9.11. The van der Waals surface area contributed by atoms with Crippen LogP contribution in [0, 0.1) is 11.8 Å². The average molecular weight is 769 g/mol. The van der Waals surface area contributed by atoms with Crippen molar-refractivity contribution in [3.05, 3.63) is 29.5 Å². The summed E-state index contributed by atoms with van der Waals surface area (Å²) in [6.45, 7) is 10.3. The number of amides is 2. The summed E-state index contributed by atoms with van der Waals surface area (Å²) in [5.41, 5.74) is 3.30. The molecule has 2 amide bonds. The van der Waals surface area contributed by atoms with Crippen molar-refractivity contribution in [3.8, 4) is 0 Å². The molecule has 224 valence electrons. The molecule has 10 heteroatoms. The van der Waals surface area contributed by atoms with Gasteiger partial charge >= 0.3 is 0 Å². The van der Waals surface area contributed by atoms with Gasteiger partial charge in [-0.3, -0.25) is 9.59 Å². The number of carbonyl (C=O) groups is 2. The van der Waals surface area contributed by atoms with Crippen molar-refractivity contribution in [1.82, 2.24) is 0 Å². The van der Waals surface area contributed by atoms with E-state index in [9.17, 15) is 9.59 Å². The van der Waals surface area contributed by atoms with Gasteiger partial charge in [-0.05, 0) is 68.7 Å². The van der Waals surface area contributed by atoms with Crippen molar-refractivity contribution < 1.29 is 9.59 Å². The second kappa shape index (κ2) is 12.8. The van der Waals surface area contributed by atoms with Crippen LogP contribution in [0.1, 0.15) is 88.8 Å². The van der Waals surface area contributed by atoms with Crippen LogP contribution in [-0.2, 0) is 9.59 Å². The normalized spacial score (nSPS) is 18.2. The first-order valence-electron chi connectivity index (χ1n) is 15.1. The molecule has 4 aromatic rings. The van der Waals surface area contributed by atoms with E-state index < -0.39 is 0 Å². The summed E-state index contributed by atoms with van der Waals surface area (Å²) in [6.07, 6.45) is 8.94. The van der Waals surface area contributed by atoms with Crippen LogP contribution in [0.15, 0.2) is 19.7 Å². The van der Waals surface area contributed by atoms with E-state index in [2.05, 4.69) is 71.7 Å². The largest absolute Gasteiger partial charge is 0.305 e. The summed E-state index contributed by atoms with van der Waals surface area (Å²) in [5.74, 6) is 0.877. The van der Waals surface area contributed by atoms with Gasteiger partial charge in [0.1, 0.15) is 0 Å². The van der Waals surface area contributed by atoms with Crippen molar-refractivity contribution in [2.45, 2.75) is 79.1 Å². The minimum absolute atomic E-state index is 0.00438. The van der Waals surface area contributed by atoms with E-state index in [0.29, 0.717) is 36.1 Å². The molecule has 0 spiro atoms. The Kier molecular flexibility index (Phi) is 9.40. The molecule has 0 aromatic carbocycles. The van der Waals surface area contributed by atoms with Crippen LogP contribution in [0.25, 0.3) is 29.9 Å². The highest BCUT2D eigenvalue weighted by Gasteiger charge is 2.46. The van der Waals surface area contributed by atoms with E-state index in [1.165, 1.54) is 22.2 Å². The predicted molar refractivity (Wildman–Crippen MR) is 193 cm³/mol. The van der Waals surface area contributed by atoms with Crippen LogP contribution in [0.4, 0.5) is 11.4 Å². The molecule has 42 heavy (non-hydrogen) atoms. The molecule has 2 aliphatic rings. The Bertz CT molecular complexity index is 1570. The zero-order chi connectivity index (χ0) is 29.7. The first-order chi connectivity index (χ1) is 20.3. The molecule has 0 fully saturated rings. The molecule has 0 saturated heterocycles. The average Bonchev–Trinajstić information content (AvgIpc) is 3.77. The summed E-state index contributed by atoms with van der Waals surface area (Å²) >= 11 is 14.1. The minimum atomic E-state index is 0.00438. The van der Waals surface area contributed by atoms with Gasteiger partial charge in [-0.25, -0.2) is 0 Å². The van der Waals surface area contributed by atoms with Crippen LogP contribution in [-0.4, -0.2) is 24.9 Å². The van der Waals surface area contributed by atoms with Crippen molar-refractivity contribution in [2.75, 3.05) is 22.9 Å². The molecule has 4 aromatic heterocycles. The van der Waals surface area contributed by atoms with Gasteiger partial charge in [0.2, 0.25) is 0 Å². The fourth-order valence-corrected chi connectivity index (χ4v) is 12.9. The SMILES string of the molecule is CCCCC(CC)CN1C(=O)C(=C2C(=O)N(CC(CC)CCCC)c3c2sc2cc(Br)sc32)c2sc3cc(Br)sc3c21. The van der Waals surface area contributed by atoms with E-state index in [-0.39, 0.29) is 11.8 Å². The third-order valence-corrected chi connectivity index (χ3v) is 14.6. The highest BCUT2D eigenvalue weighted by Crippen LogP contribution is 2.58. The first kappa shape index (κ1) is 31.0.